The summed E-state index contributed by atoms with van der Waals surface area (Å²) in [6.45, 7) is 1.98. The summed E-state index contributed by atoms with van der Waals surface area (Å²) in [7, 11) is 0. The van der Waals surface area contributed by atoms with E-state index in [1.165, 1.54) is 11.8 Å². The van der Waals surface area contributed by atoms with E-state index in [0.717, 1.165) is 5.56 Å². The summed E-state index contributed by atoms with van der Waals surface area (Å²) in [6.07, 6.45) is 5.12. The Bertz CT molecular complexity index is 851. The van der Waals surface area contributed by atoms with Gasteiger partial charge in [0.05, 0.1) is 0 Å². The van der Waals surface area contributed by atoms with Crippen LogP contribution in [-0.2, 0) is 9.59 Å². The predicted molar refractivity (Wildman–Crippen MR) is 98.3 cm³/mol. The Balaban J connectivity index is 1.67. The molecule has 28 heavy (non-hydrogen) atoms. The Morgan fingerprint density at radius 3 is 2.82 bits per heavy atom. The Morgan fingerprint density at radius 1 is 1.32 bits per heavy atom. The number of nitrogens with zero attached hydrogens (tertiary/aromatic N) is 4. The van der Waals surface area contributed by atoms with Gasteiger partial charge >= 0.3 is 5.97 Å². The number of carbonyl (C=O) groups excluding carboxylic acids is 2. The van der Waals surface area contributed by atoms with Crippen molar-refractivity contribution >= 4 is 17.8 Å². The van der Waals surface area contributed by atoms with E-state index in [9.17, 15) is 14.4 Å². The van der Waals surface area contributed by atoms with Crippen molar-refractivity contribution in [3.8, 4) is 11.3 Å². The van der Waals surface area contributed by atoms with Crippen LogP contribution in [0, 0.1) is 0 Å². The van der Waals surface area contributed by atoms with E-state index in [1.807, 2.05) is 6.07 Å². The summed E-state index contributed by atoms with van der Waals surface area (Å²) >= 11 is 0. The summed E-state index contributed by atoms with van der Waals surface area (Å²) in [5.41, 5.74) is 0.946. The summed E-state index contributed by atoms with van der Waals surface area (Å²) in [5, 5.41) is 12.9. The topological polar surface area (TPSA) is 117 Å². The number of rotatable bonds is 5. The quantitative estimate of drug-likeness (QED) is 0.830. The van der Waals surface area contributed by atoms with E-state index < -0.39 is 5.97 Å². The number of carbonyl (C=O) groups is 3. The molecule has 9 heteroatoms. The molecule has 0 radical (unpaired) electrons. The van der Waals surface area contributed by atoms with Crippen LogP contribution in [0.15, 0.2) is 35.1 Å². The standard InChI is InChI=1S/C19H22N4O5/c1-13(24)23(12-18(25)26)15-5-3-8-22(9-6-15)19(27)16-10-17(28-21-16)14-4-2-7-20-11-14/h2,4,7,10-11,15H,3,5-6,8-9,12H2,1H3,(H,25,26). The lowest BCUT2D eigenvalue weighted by Gasteiger charge is -2.28. The van der Waals surface area contributed by atoms with E-state index in [4.69, 9.17) is 9.63 Å². The molecule has 1 N–H and O–H groups in total. The van der Waals surface area contributed by atoms with Crippen LogP contribution in [0.1, 0.15) is 36.7 Å². The van der Waals surface area contributed by atoms with Gasteiger partial charge in [0, 0.05) is 50.1 Å². The largest absolute Gasteiger partial charge is 0.480 e. The third-order valence-electron chi connectivity index (χ3n) is 4.81. The number of hydrogen-bond donors (Lipinski definition) is 1. The van der Waals surface area contributed by atoms with Crippen LogP contribution in [0.2, 0.25) is 0 Å². The minimum Gasteiger partial charge on any atom is -0.480 e. The lowest BCUT2D eigenvalue weighted by Crippen LogP contribution is -2.43. The van der Waals surface area contributed by atoms with Crippen LogP contribution in [0.5, 0.6) is 0 Å². The maximum absolute atomic E-state index is 12.8. The molecule has 3 heterocycles. The second-order valence-electron chi connectivity index (χ2n) is 6.74. The molecule has 0 spiro atoms. The first-order valence-electron chi connectivity index (χ1n) is 9.11. The minimum absolute atomic E-state index is 0.199. The van der Waals surface area contributed by atoms with Crippen LogP contribution in [0.3, 0.4) is 0 Å². The van der Waals surface area contributed by atoms with Crippen molar-refractivity contribution in [3.05, 3.63) is 36.3 Å². The minimum atomic E-state index is -1.04. The van der Waals surface area contributed by atoms with Gasteiger partial charge in [0.1, 0.15) is 6.54 Å². The molecule has 1 saturated heterocycles. The molecule has 0 aromatic carbocycles. The Labute approximate surface area is 161 Å². The number of likely N-dealkylation sites (tertiary alicyclic amines) is 1. The zero-order valence-corrected chi connectivity index (χ0v) is 15.6. The first-order valence-corrected chi connectivity index (χ1v) is 9.11. The second-order valence-corrected chi connectivity index (χ2v) is 6.74. The van der Waals surface area contributed by atoms with E-state index in [-0.39, 0.29) is 30.1 Å². The highest BCUT2D eigenvalue weighted by Gasteiger charge is 2.29. The van der Waals surface area contributed by atoms with Crippen molar-refractivity contribution in [2.75, 3.05) is 19.6 Å². The fourth-order valence-corrected chi connectivity index (χ4v) is 3.42. The van der Waals surface area contributed by atoms with Crippen LogP contribution in [0.4, 0.5) is 0 Å². The molecule has 2 amide bonds. The van der Waals surface area contributed by atoms with Crippen molar-refractivity contribution in [1.82, 2.24) is 19.9 Å². The Hall–Kier alpha value is -3.23. The molecular formula is C19H22N4O5. The predicted octanol–water partition coefficient (Wildman–Crippen LogP) is 1.66. The van der Waals surface area contributed by atoms with Crippen molar-refractivity contribution in [3.63, 3.8) is 0 Å². The van der Waals surface area contributed by atoms with Crippen molar-refractivity contribution in [2.45, 2.75) is 32.2 Å². The normalized spacial score (nSPS) is 17.0. The number of carboxylic acid groups (broad SMARTS) is 1. The van der Waals surface area contributed by atoms with E-state index in [0.29, 0.717) is 38.1 Å². The highest BCUT2D eigenvalue weighted by Crippen LogP contribution is 2.22. The molecule has 2 aromatic rings. The fraction of sp³-hybridized carbons (Fsp3) is 0.421. The molecule has 1 fully saturated rings. The molecule has 148 valence electrons. The third-order valence-corrected chi connectivity index (χ3v) is 4.81. The van der Waals surface area contributed by atoms with Crippen LogP contribution >= 0.6 is 0 Å². The molecule has 2 aromatic heterocycles. The van der Waals surface area contributed by atoms with E-state index in [1.54, 1.807) is 29.4 Å². The SMILES string of the molecule is CC(=O)N(CC(=O)O)C1CCCN(C(=O)c2cc(-c3cccnc3)on2)CC1. The lowest BCUT2D eigenvalue weighted by molar-refractivity contribution is -0.145. The lowest BCUT2D eigenvalue weighted by atomic mass is 10.1. The molecule has 9 nitrogen and oxygen atoms in total. The number of aliphatic carboxylic acids is 1. The molecular weight excluding hydrogens is 364 g/mol. The van der Waals surface area contributed by atoms with Gasteiger partial charge in [-0.3, -0.25) is 19.4 Å². The van der Waals surface area contributed by atoms with Gasteiger partial charge in [-0.2, -0.15) is 0 Å². The number of hydrogen-bond acceptors (Lipinski definition) is 6. The first-order chi connectivity index (χ1) is 13.5. The van der Waals surface area contributed by atoms with Gasteiger partial charge in [0.25, 0.3) is 5.91 Å². The van der Waals surface area contributed by atoms with Gasteiger partial charge < -0.3 is 19.4 Å². The Kier molecular flexibility index (Phi) is 6.03. The summed E-state index contributed by atoms with van der Waals surface area (Å²) in [5.74, 6) is -1.09. The smallest absolute Gasteiger partial charge is 0.323 e. The van der Waals surface area contributed by atoms with Crippen molar-refractivity contribution in [1.29, 1.82) is 0 Å². The summed E-state index contributed by atoms with van der Waals surface area (Å²) in [6, 6.07) is 4.98. The molecule has 1 aliphatic heterocycles. The third kappa shape index (κ3) is 4.54. The number of aromatic nitrogens is 2. The molecule has 0 aliphatic carbocycles. The molecule has 0 bridgehead atoms. The molecule has 0 saturated carbocycles. The summed E-state index contributed by atoms with van der Waals surface area (Å²) in [4.78, 5) is 42.7. The highest BCUT2D eigenvalue weighted by atomic mass is 16.5. The van der Waals surface area contributed by atoms with Crippen molar-refractivity contribution in [2.24, 2.45) is 0 Å². The highest BCUT2D eigenvalue weighted by molar-refractivity contribution is 5.93. The molecule has 1 atom stereocenters. The zero-order valence-electron chi connectivity index (χ0n) is 15.6. The average molecular weight is 386 g/mol. The maximum Gasteiger partial charge on any atom is 0.323 e. The van der Waals surface area contributed by atoms with Crippen LogP contribution < -0.4 is 0 Å². The number of pyridine rings is 1. The van der Waals surface area contributed by atoms with E-state index >= 15 is 0 Å². The molecule has 1 aliphatic rings. The van der Waals surface area contributed by atoms with Crippen molar-refractivity contribution < 1.29 is 24.0 Å². The van der Waals surface area contributed by atoms with Gasteiger partial charge in [-0.1, -0.05) is 5.16 Å². The zero-order chi connectivity index (χ0) is 20.1. The average Bonchev–Trinajstić information content (AvgIpc) is 3.05. The van der Waals surface area contributed by atoms with Crippen LogP contribution in [-0.4, -0.2) is 68.5 Å². The van der Waals surface area contributed by atoms with Gasteiger partial charge in [0.2, 0.25) is 5.91 Å². The second kappa shape index (κ2) is 8.64. The monoisotopic (exact) mass is 386 g/mol. The summed E-state index contributed by atoms with van der Waals surface area (Å²) < 4.78 is 5.27. The van der Waals surface area contributed by atoms with Gasteiger partial charge in [0.15, 0.2) is 11.5 Å². The first kappa shape index (κ1) is 19.5. The number of carboxylic acids is 1. The molecule has 1 unspecified atom stereocenters. The van der Waals surface area contributed by atoms with E-state index in [2.05, 4.69) is 10.1 Å². The van der Waals surface area contributed by atoms with Gasteiger partial charge in [-0.15, -0.1) is 0 Å². The Morgan fingerprint density at radius 2 is 2.14 bits per heavy atom. The maximum atomic E-state index is 12.8. The van der Waals surface area contributed by atoms with Gasteiger partial charge in [-0.25, -0.2) is 0 Å². The molecule has 3 rings (SSSR count). The van der Waals surface area contributed by atoms with Crippen LogP contribution in [0.25, 0.3) is 11.3 Å². The van der Waals surface area contributed by atoms with Gasteiger partial charge in [-0.05, 0) is 31.4 Å². The fourth-order valence-electron chi connectivity index (χ4n) is 3.42. The number of amides is 2.